The highest BCUT2D eigenvalue weighted by Crippen LogP contribution is 2.23. The van der Waals surface area contributed by atoms with Crippen LogP contribution in [0.5, 0.6) is 0 Å². The number of aromatic nitrogens is 1. The highest BCUT2D eigenvalue weighted by atomic mass is 35.5. The number of carbonyl (C=O) groups excluding carboxylic acids is 1. The van der Waals surface area contributed by atoms with Crippen molar-refractivity contribution < 1.29 is 9.18 Å². The van der Waals surface area contributed by atoms with Crippen LogP contribution >= 0.6 is 11.6 Å². The van der Waals surface area contributed by atoms with Crippen molar-refractivity contribution in [3.63, 3.8) is 0 Å². The van der Waals surface area contributed by atoms with Crippen LogP contribution in [-0.4, -0.2) is 17.9 Å². The maximum absolute atomic E-state index is 13.3. The quantitative estimate of drug-likeness (QED) is 0.910. The minimum Gasteiger partial charge on any atom is -0.372 e. The molecule has 0 bridgehead atoms. The van der Waals surface area contributed by atoms with Gasteiger partial charge in [-0.1, -0.05) is 29.8 Å². The van der Waals surface area contributed by atoms with Crippen molar-refractivity contribution in [3.8, 4) is 0 Å². The molecule has 0 aliphatic carbocycles. The number of carbonyl (C=O) groups is 1. The summed E-state index contributed by atoms with van der Waals surface area (Å²) >= 11 is 6.10. The zero-order chi connectivity index (χ0) is 15.4. The Morgan fingerprint density at radius 2 is 2.10 bits per heavy atom. The molecule has 1 unspecified atom stereocenters. The van der Waals surface area contributed by atoms with Crippen molar-refractivity contribution in [2.75, 3.05) is 12.4 Å². The number of halogens is 2. The molecule has 1 aromatic carbocycles. The number of pyridine rings is 1. The summed E-state index contributed by atoms with van der Waals surface area (Å²) in [5.41, 5.74) is 0.944. The number of nitrogens with zero attached hydrogens (tertiary/aromatic N) is 1. The zero-order valence-electron chi connectivity index (χ0n) is 11.7. The van der Waals surface area contributed by atoms with E-state index in [-0.39, 0.29) is 11.6 Å². The summed E-state index contributed by atoms with van der Waals surface area (Å²) in [5, 5.41) is 6.11. The van der Waals surface area contributed by atoms with E-state index >= 15 is 0 Å². The van der Waals surface area contributed by atoms with Crippen LogP contribution in [0, 0.1) is 5.82 Å². The first-order valence-corrected chi connectivity index (χ1v) is 6.79. The Balaban J connectivity index is 2.22. The molecule has 2 aromatic rings. The Hall–Kier alpha value is -2.14. The van der Waals surface area contributed by atoms with Crippen molar-refractivity contribution in [3.05, 3.63) is 58.5 Å². The molecule has 0 radical (unpaired) electrons. The summed E-state index contributed by atoms with van der Waals surface area (Å²) in [6.45, 7) is 1.81. The van der Waals surface area contributed by atoms with E-state index in [0.717, 1.165) is 17.8 Å². The van der Waals surface area contributed by atoms with Gasteiger partial charge in [0, 0.05) is 12.1 Å². The summed E-state index contributed by atoms with van der Waals surface area (Å²) in [4.78, 5) is 16.1. The molecule has 21 heavy (non-hydrogen) atoms. The fourth-order valence-electron chi connectivity index (χ4n) is 1.99. The predicted octanol–water partition coefficient (Wildman–Crippen LogP) is 3.41. The maximum Gasteiger partial charge on any atom is 0.255 e. The van der Waals surface area contributed by atoms with Crippen LogP contribution in [0.2, 0.25) is 5.02 Å². The Morgan fingerprint density at radius 1 is 1.38 bits per heavy atom. The SMILES string of the molecule is CNc1ncc(F)cc1C(=O)NC(C)c1ccccc1Cl. The molecule has 110 valence electrons. The first kappa shape index (κ1) is 15.3. The average Bonchev–Trinajstić information content (AvgIpc) is 2.47. The van der Waals surface area contributed by atoms with Crippen molar-refractivity contribution in [1.82, 2.24) is 10.3 Å². The molecule has 2 rings (SSSR count). The second-order valence-electron chi connectivity index (χ2n) is 4.52. The third-order valence-electron chi connectivity index (χ3n) is 3.06. The number of amides is 1. The molecule has 0 fully saturated rings. The van der Waals surface area contributed by atoms with Crippen molar-refractivity contribution in [1.29, 1.82) is 0 Å². The van der Waals surface area contributed by atoms with Crippen LogP contribution in [0.1, 0.15) is 28.9 Å². The standard InChI is InChI=1S/C15H15ClFN3O/c1-9(11-5-3-4-6-13(11)16)20-15(21)12-7-10(17)8-19-14(12)18-2/h3-9H,1-2H3,(H,18,19)(H,20,21). The summed E-state index contributed by atoms with van der Waals surface area (Å²) in [7, 11) is 1.62. The Morgan fingerprint density at radius 3 is 2.76 bits per heavy atom. The minimum absolute atomic E-state index is 0.149. The van der Waals surface area contributed by atoms with Gasteiger partial charge in [0.15, 0.2) is 0 Å². The molecule has 0 saturated heterocycles. The molecule has 2 N–H and O–H groups in total. The van der Waals surface area contributed by atoms with Crippen molar-refractivity contribution in [2.24, 2.45) is 0 Å². The zero-order valence-corrected chi connectivity index (χ0v) is 12.4. The molecule has 0 aliphatic rings. The van der Waals surface area contributed by atoms with E-state index in [0.29, 0.717) is 10.8 Å². The van der Waals surface area contributed by atoms with Gasteiger partial charge >= 0.3 is 0 Å². The van der Waals surface area contributed by atoms with Gasteiger partial charge in [0.05, 0.1) is 17.8 Å². The van der Waals surface area contributed by atoms with E-state index in [1.54, 1.807) is 13.1 Å². The number of nitrogens with one attached hydrogen (secondary N) is 2. The normalized spacial score (nSPS) is 11.8. The lowest BCUT2D eigenvalue weighted by atomic mass is 10.1. The van der Waals surface area contributed by atoms with Gasteiger partial charge in [-0.25, -0.2) is 9.37 Å². The fraction of sp³-hybridized carbons (Fsp3) is 0.200. The summed E-state index contributed by atoms with van der Waals surface area (Å²) in [6.07, 6.45) is 1.06. The van der Waals surface area contributed by atoms with E-state index in [1.165, 1.54) is 0 Å². The maximum atomic E-state index is 13.3. The molecule has 1 amide bonds. The Kier molecular flexibility index (Phi) is 4.75. The summed E-state index contributed by atoms with van der Waals surface area (Å²) in [5.74, 6) is -0.663. The van der Waals surface area contributed by atoms with Gasteiger partial charge < -0.3 is 10.6 Å². The van der Waals surface area contributed by atoms with Crippen LogP contribution in [0.4, 0.5) is 10.2 Å². The molecule has 4 nitrogen and oxygen atoms in total. The molecule has 0 aliphatic heterocycles. The van der Waals surface area contributed by atoms with E-state index < -0.39 is 11.7 Å². The summed E-state index contributed by atoms with van der Waals surface area (Å²) in [6, 6.07) is 8.08. The van der Waals surface area contributed by atoms with Crippen molar-refractivity contribution >= 4 is 23.3 Å². The second kappa shape index (κ2) is 6.54. The van der Waals surface area contributed by atoms with Crippen LogP contribution in [-0.2, 0) is 0 Å². The first-order valence-electron chi connectivity index (χ1n) is 6.41. The largest absolute Gasteiger partial charge is 0.372 e. The minimum atomic E-state index is -0.565. The lowest BCUT2D eigenvalue weighted by molar-refractivity contribution is 0.0940. The Labute approximate surface area is 127 Å². The van der Waals surface area contributed by atoms with E-state index in [4.69, 9.17) is 11.6 Å². The lowest BCUT2D eigenvalue weighted by Crippen LogP contribution is -2.27. The number of anilines is 1. The highest BCUT2D eigenvalue weighted by Gasteiger charge is 2.17. The summed E-state index contributed by atoms with van der Waals surface area (Å²) < 4.78 is 13.3. The van der Waals surface area contributed by atoms with Crippen LogP contribution in [0.25, 0.3) is 0 Å². The van der Waals surface area contributed by atoms with Gasteiger partial charge in [-0.2, -0.15) is 0 Å². The van der Waals surface area contributed by atoms with Gasteiger partial charge in [0.25, 0.3) is 5.91 Å². The van der Waals surface area contributed by atoms with Gasteiger partial charge in [-0.15, -0.1) is 0 Å². The van der Waals surface area contributed by atoms with Gasteiger partial charge in [0.1, 0.15) is 11.6 Å². The number of hydrogen-bond acceptors (Lipinski definition) is 3. The second-order valence-corrected chi connectivity index (χ2v) is 4.92. The molecular weight excluding hydrogens is 293 g/mol. The number of rotatable bonds is 4. The third-order valence-corrected chi connectivity index (χ3v) is 3.40. The van der Waals surface area contributed by atoms with Gasteiger partial charge in [0.2, 0.25) is 0 Å². The van der Waals surface area contributed by atoms with Crippen LogP contribution in [0.15, 0.2) is 36.5 Å². The average molecular weight is 308 g/mol. The predicted molar refractivity (Wildman–Crippen MR) is 81.1 cm³/mol. The lowest BCUT2D eigenvalue weighted by Gasteiger charge is -2.16. The fourth-order valence-corrected chi connectivity index (χ4v) is 2.29. The molecule has 1 heterocycles. The van der Waals surface area contributed by atoms with E-state index in [1.807, 2.05) is 25.1 Å². The molecule has 1 aromatic heterocycles. The third kappa shape index (κ3) is 3.49. The smallest absolute Gasteiger partial charge is 0.255 e. The molecule has 0 saturated carbocycles. The number of benzene rings is 1. The van der Waals surface area contributed by atoms with Gasteiger partial charge in [-0.05, 0) is 24.6 Å². The topological polar surface area (TPSA) is 54.0 Å². The van der Waals surface area contributed by atoms with Crippen molar-refractivity contribution in [2.45, 2.75) is 13.0 Å². The van der Waals surface area contributed by atoms with Crippen LogP contribution in [0.3, 0.4) is 0 Å². The van der Waals surface area contributed by atoms with E-state index in [9.17, 15) is 9.18 Å². The van der Waals surface area contributed by atoms with Gasteiger partial charge in [-0.3, -0.25) is 4.79 Å². The van der Waals surface area contributed by atoms with Crippen LogP contribution < -0.4 is 10.6 Å². The Bertz CT molecular complexity index is 663. The molecular formula is C15H15ClFN3O. The monoisotopic (exact) mass is 307 g/mol. The molecule has 1 atom stereocenters. The first-order chi connectivity index (χ1) is 10.0. The number of hydrogen-bond donors (Lipinski definition) is 2. The molecule has 6 heteroatoms. The molecule has 0 spiro atoms. The van der Waals surface area contributed by atoms with E-state index in [2.05, 4.69) is 15.6 Å². The highest BCUT2D eigenvalue weighted by molar-refractivity contribution is 6.31.